The highest BCUT2D eigenvalue weighted by Gasteiger charge is 2.10. The quantitative estimate of drug-likeness (QED) is 0.226. The molecule has 1 aromatic carbocycles. The smallest absolute Gasteiger partial charge is 0.191 e. The van der Waals surface area contributed by atoms with Crippen LogP contribution in [0.5, 0.6) is 5.75 Å². The number of hydrogen-bond acceptors (Lipinski definition) is 4. The van der Waals surface area contributed by atoms with Crippen LogP contribution in [0.2, 0.25) is 4.34 Å². The van der Waals surface area contributed by atoms with Crippen molar-refractivity contribution in [2.75, 3.05) is 26.2 Å². The summed E-state index contributed by atoms with van der Waals surface area (Å²) in [6, 6.07) is 13.3. The van der Waals surface area contributed by atoms with Crippen LogP contribution in [0, 0.1) is 0 Å². The highest BCUT2D eigenvalue weighted by molar-refractivity contribution is 14.0. The van der Waals surface area contributed by atoms with Crippen molar-refractivity contribution in [3.05, 3.63) is 51.7 Å². The number of aliphatic hydroxyl groups is 1. The standard InChI is InChI=1S/C17H22ClN3O2S.HI/c1-2-19-17(20-10-11-23-13-6-4-3-5-7-13)21-12-14(22)15-8-9-16(18)24-15;/h3-9,14,22H,2,10-12H2,1H3,(H2,19,20,21);1H. The summed E-state index contributed by atoms with van der Waals surface area (Å²) in [5.41, 5.74) is 0. The third-order valence-electron chi connectivity index (χ3n) is 3.10. The van der Waals surface area contributed by atoms with Gasteiger partial charge in [-0.15, -0.1) is 35.3 Å². The Morgan fingerprint density at radius 1 is 1.24 bits per heavy atom. The molecule has 0 saturated heterocycles. The summed E-state index contributed by atoms with van der Waals surface area (Å²) in [4.78, 5) is 5.21. The van der Waals surface area contributed by atoms with Gasteiger partial charge in [-0.2, -0.15) is 0 Å². The Hall–Kier alpha value is -1.03. The van der Waals surface area contributed by atoms with Crippen molar-refractivity contribution in [3.8, 4) is 5.75 Å². The largest absolute Gasteiger partial charge is 0.492 e. The molecule has 0 bridgehead atoms. The Balaban J connectivity index is 0.00000312. The average molecular weight is 496 g/mol. The molecule has 0 spiro atoms. The minimum atomic E-state index is -0.654. The molecule has 0 aliphatic heterocycles. The van der Waals surface area contributed by atoms with Gasteiger partial charge in [-0.05, 0) is 31.2 Å². The molecule has 0 amide bonds. The van der Waals surface area contributed by atoms with Gasteiger partial charge in [-0.1, -0.05) is 29.8 Å². The Kier molecular flexibility index (Phi) is 10.9. The van der Waals surface area contributed by atoms with Gasteiger partial charge in [0.05, 0.1) is 17.4 Å². The van der Waals surface area contributed by atoms with Crippen molar-refractivity contribution in [2.45, 2.75) is 13.0 Å². The van der Waals surface area contributed by atoms with Crippen LogP contribution < -0.4 is 15.4 Å². The molecule has 8 heteroatoms. The van der Waals surface area contributed by atoms with Gasteiger partial charge >= 0.3 is 0 Å². The van der Waals surface area contributed by atoms with Crippen molar-refractivity contribution in [1.82, 2.24) is 10.6 Å². The van der Waals surface area contributed by atoms with Crippen LogP contribution in [0.1, 0.15) is 17.9 Å². The number of nitrogens with one attached hydrogen (secondary N) is 2. The highest BCUT2D eigenvalue weighted by Crippen LogP contribution is 2.26. The van der Waals surface area contributed by atoms with Gasteiger partial charge in [-0.25, -0.2) is 0 Å². The van der Waals surface area contributed by atoms with Crippen LogP contribution in [-0.2, 0) is 0 Å². The summed E-state index contributed by atoms with van der Waals surface area (Å²) < 4.78 is 6.29. The van der Waals surface area contributed by atoms with Gasteiger partial charge in [0.15, 0.2) is 5.96 Å². The molecule has 25 heavy (non-hydrogen) atoms. The summed E-state index contributed by atoms with van der Waals surface area (Å²) in [5.74, 6) is 1.49. The molecule has 2 rings (SSSR count). The summed E-state index contributed by atoms with van der Waals surface area (Å²) >= 11 is 7.25. The maximum atomic E-state index is 10.1. The van der Waals surface area contributed by atoms with Gasteiger partial charge < -0.3 is 20.5 Å². The molecule has 3 N–H and O–H groups in total. The zero-order valence-electron chi connectivity index (χ0n) is 13.9. The van der Waals surface area contributed by atoms with Crippen molar-refractivity contribution in [3.63, 3.8) is 0 Å². The van der Waals surface area contributed by atoms with E-state index in [4.69, 9.17) is 16.3 Å². The van der Waals surface area contributed by atoms with Gasteiger partial charge in [0, 0.05) is 11.4 Å². The molecule has 1 atom stereocenters. The second-order valence-corrected chi connectivity index (χ2v) is 6.71. The lowest BCUT2D eigenvalue weighted by molar-refractivity contribution is 0.191. The number of para-hydroxylation sites is 1. The van der Waals surface area contributed by atoms with Gasteiger partial charge in [-0.3, -0.25) is 4.99 Å². The summed E-state index contributed by atoms with van der Waals surface area (Å²) in [7, 11) is 0. The summed E-state index contributed by atoms with van der Waals surface area (Å²) in [6.45, 7) is 4.14. The molecule has 138 valence electrons. The number of ether oxygens (including phenoxy) is 1. The monoisotopic (exact) mass is 495 g/mol. The number of guanidine groups is 1. The molecule has 5 nitrogen and oxygen atoms in total. The van der Waals surface area contributed by atoms with E-state index in [0.717, 1.165) is 17.2 Å². The average Bonchev–Trinajstić information content (AvgIpc) is 3.03. The first-order valence-corrected chi connectivity index (χ1v) is 9.02. The van der Waals surface area contributed by atoms with E-state index in [1.165, 1.54) is 11.3 Å². The Morgan fingerprint density at radius 2 is 2.00 bits per heavy atom. The van der Waals surface area contributed by atoms with E-state index in [0.29, 0.717) is 23.4 Å². The van der Waals surface area contributed by atoms with Crippen LogP contribution in [0.15, 0.2) is 47.5 Å². The summed E-state index contributed by atoms with van der Waals surface area (Å²) in [5, 5.41) is 16.5. The molecule has 1 heterocycles. The van der Waals surface area contributed by atoms with Crippen molar-refractivity contribution < 1.29 is 9.84 Å². The van der Waals surface area contributed by atoms with E-state index in [1.807, 2.05) is 43.3 Å². The van der Waals surface area contributed by atoms with Gasteiger partial charge in [0.1, 0.15) is 18.5 Å². The topological polar surface area (TPSA) is 65.9 Å². The third kappa shape index (κ3) is 8.26. The van der Waals surface area contributed by atoms with E-state index >= 15 is 0 Å². The number of thiophene rings is 1. The fourth-order valence-electron chi connectivity index (χ4n) is 1.97. The molecule has 0 aliphatic rings. The first kappa shape index (κ1) is 22.0. The minimum absolute atomic E-state index is 0. The van der Waals surface area contributed by atoms with Crippen molar-refractivity contribution >= 4 is 52.9 Å². The fourth-order valence-corrected chi connectivity index (χ4v) is 3.01. The zero-order valence-corrected chi connectivity index (χ0v) is 17.8. The van der Waals surface area contributed by atoms with Crippen LogP contribution in [0.4, 0.5) is 0 Å². The molecular formula is C17H23ClIN3O2S. The Morgan fingerprint density at radius 3 is 2.64 bits per heavy atom. The lowest BCUT2D eigenvalue weighted by atomic mass is 10.3. The van der Waals surface area contributed by atoms with Crippen LogP contribution in [0.3, 0.4) is 0 Å². The van der Waals surface area contributed by atoms with Crippen LogP contribution >= 0.6 is 46.9 Å². The molecule has 1 unspecified atom stereocenters. The molecule has 0 aliphatic carbocycles. The van der Waals surface area contributed by atoms with E-state index in [9.17, 15) is 5.11 Å². The lowest BCUT2D eigenvalue weighted by Gasteiger charge is -2.13. The van der Waals surface area contributed by atoms with Gasteiger partial charge in [0.2, 0.25) is 0 Å². The lowest BCUT2D eigenvalue weighted by Crippen LogP contribution is -2.39. The number of benzene rings is 1. The van der Waals surface area contributed by atoms with Gasteiger partial charge in [0.25, 0.3) is 0 Å². The molecule has 0 fully saturated rings. The van der Waals surface area contributed by atoms with E-state index in [1.54, 1.807) is 6.07 Å². The summed E-state index contributed by atoms with van der Waals surface area (Å²) in [6.07, 6.45) is -0.654. The molecule has 0 saturated carbocycles. The van der Waals surface area contributed by atoms with E-state index < -0.39 is 6.10 Å². The maximum Gasteiger partial charge on any atom is 0.191 e. The predicted octanol–water partition coefficient (Wildman–Crippen LogP) is 3.69. The van der Waals surface area contributed by atoms with E-state index in [2.05, 4.69) is 15.6 Å². The first-order chi connectivity index (χ1) is 11.7. The fraction of sp³-hybridized carbons (Fsp3) is 0.353. The van der Waals surface area contributed by atoms with E-state index in [-0.39, 0.29) is 30.5 Å². The molecule has 0 radical (unpaired) electrons. The Bertz CT molecular complexity index is 640. The number of aliphatic imine (C=N–C) groups is 1. The SMILES string of the molecule is CCNC(=NCC(O)c1ccc(Cl)s1)NCCOc1ccccc1.I. The normalized spacial score (nSPS) is 12.2. The van der Waals surface area contributed by atoms with Crippen LogP contribution in [-0.4, -0.2) is 37.3 Å². The van der Waals surface area contributed by atoms with Crippen molar-refractivity contribution in [2.24, 2.45) is 4.99 Å². The second kappa shape index (κ2) is 12.3. The molecular weight excluding hydrogens is 473 g/mol. The second-order valence-electron chi connectivity index (χ2n) is 4.97. The third-order valence-corrected chi connectivity index (χ3v) is 4.43. The Labute approximate surface area is 174 Å². The first-order valence-electron chi connectivity index (χ1n) is 7.82. The molecule has 1 aromatic heterocycles. The number of hydrogen-bond donors (Lipinski definition) is 3. The number of halogens is 2. The number of aliphatic hydroxyl groups excluding tert-OH is 1. The number of rotatable bonds is 8. The number of nitrogens with zero attached hydrogens (tertiary/aromatic N) is 1. The minimum Gasteiger partial charge on any atom is -0.492 e. The maximum absolute atomic E-state index is 10.1. The highest BCUT2D eigenvalue weighted by atomic mass is 127. The predicted molar refractivity (Wildman–Crippen MR) is 116 cm³/mol. The molecule has 2 aromatic rings. The zero-order chi connectivity index (χ0) is 17.2. The van der Waals surface area contributed by atoms with Crippen molar-refractivity contribution in [1.29, 1.82) is 0 Å². The van der Waals surface area contributed by atoms with Crippen LogP contribution in [0.25, 0.3) is 0 Å².